The fourth-order valence-electron chi connectivity index (χ4n) is 3.13. The summed E-state index contributed by atoms with van der Waals surface area (Å²) in [7, 11) is 0. The Morgan fingerprint density at radius 3 is 2.58 bits per heavy atom. The van der Waals surface area contributed by atoms with Gasteiger partial charge in [-0.1, -0.05) is 18.2 Å². The molecular weight excluding hydrogens is 320 g/mol. The highest BCUT2D eigenvalue weighted by Crippen LogP contribution is 2.43. The van der Waals surface area contributed by atoms with Crippen LogP contribution in [0.2, 0.25) is 0 Å². The first-order valence-corrected chi connectivity index (χ1v) is 8.08. The largest absolute Gasteiger partial charge is 0.506 e. The van der Waals surface area contributed by atoms with Crippen molar-refractivity contribution in [1.82, 2.24) is 15.3 Å². The number of phenols is 1. The summed E-state index contributed by atoms with van der Waals surface area (Å²) in [5, 5.41) is 14.2. The van der Waals surface area contributed by atoms with E-state index in [0.717, 1.165) is 11.4 Å². The minimum atomic E-state index is -0.129. The topological polar surface area (TPSA) is 64.2 Å². The number of phenolic OH excluding ortho intramolecular Hbond substituents is 1. The van der Waals surface area contributed by atoms with E-state index in [0.29, 0.717) is 10.8 Å². The molecule has 0 aliphatic carbocycles. The van der Waals surface area contributed by atoms with Gasteiger partial charge in [0.25, 0.3) is 0 Å². The molecule has 1 aliphatic heterocycles. The van der Waals surface area contributed by atoms with Gasteiger partial charge >= 0.3 is 0 Å². The van der Waals surface area contributed by atoms with E-state index in [-0.39, 0.29) is 17.8 Å². The molecule has 4 rings (SSSR count). The molecule has 3 N–H and O–H groups in total. The van der Waals surface area contributed by atoms with Crippen LogP contribution in [0, 0.1) is 0 Å². The van der Waals surface area contributed by atoms with Crippen molar-refractivity contribution in [2.24, 2.45) is 0 Å². The second-order valence-electron chi connectivity index (χ2n) is 5.61. The molecule has 0 amide bonds. The number of nitrogens with zero attached hydrogens (tertiary/aromatic N) is 2. The molecule has 24 heavy (non-hydrogen) atoms. The second kappa shape index (κ2) is 5.98. The molecule has 1 aliphatic rings. The Morgan fingerprint density at radius 1 is 1.04 bits per heavy atom. The number of anilines is 1. The molecule has 2 aromatic heterocycles. The van der Waals surface area contributed by atoms with Crippen LogP contribution in [0.3, 0.4) is 0 Å². The quantitative estimate of drug-likeness (QED) is 0.641. The summed E-state index contributed by atoms with van der Waals surface area (Å²) in [6.07, 6.45) is 3.66. The lowest BCUT2D eigenvalue weighted by molar-refractivity contribution is 0.472. The molecule has 2 atom stereocenters. The van der Waals surface area contributed by atoms with Gasteiger partial charge in [-0.05, 0) is 48.6 Å². The van der Waals surface area contributed by atoms with E-state index in [9.17, 15) is 5.11 Å². The molecule has 1 aromatic carbocycles. The fraction of sp³-hybridized carbons (Fsp3) is 0.111. The van der Waals surface area contributed by atoms with Crippen LogP contribution >= 0.6 is 12.2 Å². The summed E-state index contributed by atoms with van der Waals surface area (Å²) in [4.78, 5) is 9.69. The smallest absolute Gasteiger partial charge is 0.174 e. The number of benzene rings is 1. The Hall–Kier alpha value is -2.86. The van der Waals surface area contributed by atoms with Gasteiger partial charge in [0.15, 0.2) is 5.11 Å². The minimum Gasteiger partial charge on any atom is -0.506 e. The average molecular weight is 336 g/mol. The predicted molar refractivity (Wildman–Crippen MR) is 96.8 cm³/mol. The summed E-state index contributed by atoms with van der Waals surface area (Å²) < 4.78 is 0. The van der Waals surface area contributed by atoms with Crippen LogP contribution < -0.4 is 10.2 Å². The van der Waals surface area contributed by atoms with E-state index in [4.69, 9.17) is 12.2 Å². The van der Waals surface area contributed by atoms with Crippen molar-refractivity contribution in [2.45, 2.75) is 12.1 Å². The number of pyridine rings is 1. The Balaban J connectivity index is 1.84. The Morgan fingerprint density at radius 2 is 1.88 bits per heavy atom. The zero-order valence-corrected chi connectivity index (χ0v) is 13.6. The van der Waals surface area contributed by atoms with Gasteiger partial charge in [0.2, 0.25) is 0 Å². The molecule has 1 saturated heterocycles. The van der Waals surface area contributed by atoms with Crippen molar-refractivity contribution in [3.05, 3.63) is 78.4 Å². The molecule has 0 unspecified atom stereocenters. The zero-order valence-electron chi connectivity index (χ0n) is 12.8. The van der Waals surface area contributed by atoms with Gasteiger partial charge in [0.05, 0.1) is 17.4 Å². The molecule has 3 heterocycles. The minimum absolute atomic E-state index is 0.114. The number of hydrogen-bond donors (Lipinski definition) is 3. The van der Waals surface area contributed by atoms with Gasteiger partial charge in [-0.2, -0.15) is 0 Å². The Labute approximate surface area is 145 Å². The molecule has 3 aromatic rings. The Bertz CT molecular complexity index is 850. The lowest BCUT2D eigenvalue weighted by atomic mass is 10.0. The summed E-state index contributed by atoms with van der Waals surface area (Å²) >= 11 is 5.57. The summed E-state index contributed by atoms with van der Waals surface area (Å²) in [6, 6.07) is 16.8. The van der Waals surface area contributed by atoms with Gasteiger partial charge in [0.1, 0.15) is 11.8 Å². The number of aromatic nitrogens is 2. The number of H-pyrrole nitrogens is 1. The second-order valence-corrected chi connectivity index (χ2v) is 6.00. The van der Waals surface area contributed by atoms with Gasteiger partial charge < -0.3 is 20.3 Å². The maximum atomic E-state index is 10.3. The third kappa shape index (κ3) is 2.41. The van der Waals surface area contributed by atoms with E-state index in [1.165, 1.54) is 0 Å². The number of nitrogens with one attached hydrogen (secondary N) is 2. The van der Waals surface area contributed by atoms with Crippen LogP contribution in [0.4, 0.5) is 5.69 Å². The van der Waals surface area contributed by atoms with Crippen molar-refractivity contribution in [2.75, 3.05) is 4.90 Å². The first-order valence-electron chi connectivity index (χ1n) is 7.67. The normalized spacial score (nSPS) is 20.2. The lowest BCUT2D eigenvalue weighted by Crippen LogP contribution is -2.29. The highest BCUT2D eigenvalue weighted by Gasteiger charge is 2.41. The maximum absolute atomic E-state index is 10.3. The first kappa shape index (κ1) is 14.7. The number of aromatic hydroxyl groups is 1. The van der Waals surface area contributed by atoms with E-state index >= 15 is 0 Å². The highest BCUT2D eigenvalue weighted by molar-refractivity contribution is 7.80. The highest BCUT2D eigenvalue weighted by atomic mass is 32.1. The zero-order chi connectivity index (χ0) is 16.5. The van der Waals surface area contributed by atoms with Crippen molar-refractivity contribution in [3.63, 3.8) is 0 Å². The van der Waals surface area contributed by atoms with E-state index in [1.54, 1.807) is 18.3 Å². The summed E-state index contributed by atoms with van der Waals surface area (Å²) in [5.41, 5.74) is 2.58. The van der Waals surface area contributed by atoms with Crippen molar-refractivity contribution in [1.29, 1.82) is 0 Å². The number of thiocarbonyl (C=S) groups is 1. The predicted octanol–water partition coefficient (Wildman–Crippen LogP) is 3.29. The van der Waals surface area contributed by atoms with E-state index in [1.807, 2.05) is 53.6 Å². The molecular formula is C18H16N4OS. The number of aromatic amines is 1. The SMILES string of the molecule is Oc1ccccc1N1C(=S)N[C@@H](c2ccccn2)[C@@H]1c1ccc[nH]1. The first-order chi connectivity index (χ1) is 11.8. The maximum Gasteiger partial charge on any atom is 0.174 e. The van der Waals surface area contributed by atoms with Gasteiger partial charge in [-0.3, -0.25) is 4.98 Å². The molecule has 1 fully saturated rings. The number of rotatable bonds is 3. The molecule has 0 saturated carbocycles. The average Bonchev–Trinajstić information content (AvgIpc) is 3.24. The number of hydrogen-bond acceptors (Lipinski definition) is 3. The Kier molecular flexibility index (Phi) is 3.66. The van der Waals surface area contributed by atoms with Crippen LogP contribution in [0.25, 0.3) is 0 Å². The molecule has 120 valence electrons. The van der Waals surface area contributed by atoms with Gasteiger partial charge in [0, 0.05) is 18.1 Å². The van der Waals surface area contributed by atoms with Crippen LogP contribution in [-0.2, 0) is 0 Å². The van der Waals surface area contributed by atoms with Crippen molar-refractivity contribution in [3.8, 4) is 5.75 Å². The molecule has 0 bridgehead atoms. The molecule has 0 radical (unpaired) electrons. The fourth-order valence-corrected chi connectivity index (χ4v) is 3.47. The molecule has 5 nitrogen and oxygen atoms in total. The van der Waals surface area contributed by atoms with Crippen LogP contribution in [0.5, 0.6) is 5.75 Å². The standard InChI is InChI=1S/C18H16N4OS/c23-15-9-2-1-8-14(15)22-17(13-7-5-11-20-13)16(21-18(22)24)12-6-3-4-10-19-12/h1-11,16-17,20,23H,(H,21,24)/t16-,17-/m0/s1. The monoisotopic (exact) mass is 336 g/mol. The van der Waals surface area contributed by atoms with Crippen LogP contribution in [0.1, 0.15) is 23.5 Å². The molecule has 0 spiro atoms. The van der Waals surface area contributed by atoms with Crippen molar-refractivity contribution >= 4 is 23.0 Å². The van der Waals surface area contributed by atoms with E-state index in [2.05, 4.69) is 15.3 Å². The van der Waals surface area contributed by atoms with E-state index < -0.39 is 0 Å². The number of para-hydroxylation sites is 2. The summed E-state index contributed by atoms with van der Waals surface area (Å²) in [6.45, 7) is 0. The van der Waals surface area contributed by atoms with Crippen LogP contribution in [0.15, 0.2) is 67.0 Å². The van der Waals surface area contributed by atoms with Gasteiger partial charge in [-0.25, -0.2) is 0 Å². The lowest BCUT2D eigenvalue weighted by Gasteiger charge is -2.27. The third-order valence-electron chi connectivity index (χ3n) is 4.18. The third-order valence-corrected chi connectivity index (χ3v) is 4.49. The van der Waals surface area contributed by atoms with Gasteiger partial charge in [-0.15, -0.1) is 0 Å². The van der Waals surface area contributed by atoms with Crippen molar-refractivity contribution < 1.29 is 5.11 Å². The summed E-state index contributed by atoms with van der Waals surface area (Å²) in [5.74, 6) is 0.194. The molecule has 6 heteroatoms. The van der Waals surface area contributed by atoms with Crippen LogP contribution in [-0.4, -0.2) is 20.2 Å².